The van der Waals surface area contributed by atoms with Gasteiger partial charge in [-0.1, -0.05) is 44.8 Å². The normalized spacial score (nSPS) is 28.9. The highest BCUT2D eigenvalue weighted by atomic mass is 32.2. The van der Waals surface area contributed by atoms with E-state index in [1.54, 1.807) is 0 Å². The fourth-order valence-corrected chi connectivity index (χ4v) is 5.51. The summed E-state index contributed by atoms with van der Waals surface area (Å²) in [4.78, 5) is 10.5. The molecule has 0 aromatic rings. The number of carboxylic acids is 1. The van der Waals surface area contributed by atoms with E-state index < -0.39 is 5.97 Å². The molecular formula is C20H34O3S. The fourth-order valence-electron chi connectivity index (χ4n) is 3.92. The van der Waals surface area contributed by atoms with Gasteiger partial charge in [-0.05, 0) is 44.3 Å². The Labute approximate surface area is 151 Å². The Hall–Kier alpha value is -0.480. The predicted octanol–water partition coefficient (Wildman–Crippen LogP) is 5.44. The third-order valence-electron chi connectivity index (χ3n) is 5.25. The molecule has 2 aliphatic heterocycles. The number of aliphatic carboxylic acids is 1. The minimum atomic E-state index is -0.694. The van der Waals surface area contributed by atoms with Crippen LogP contribution in [0.4, 0.5) is 0 Å². The van der Waals surface area contributed by atoms with Crippen molar-refractivity contribution < 1.29 is 14.6 Å². The summed E-state index contributed by atoms with van der Waals surface area (Å²) in [6, 6.07) is 0. The van der Waals surface area contributed by atoms with E-state index in [0.717, 1.165) is 19.3 Å². The van der Waals surface area contributed by atoms with Gasteiger partial charge in [-0.3, -0.25) is 4.79 Å². The van der Waals surface area contributed by atoms with Crippen LogP contribution >= 0.6 is 11.8 Å². The van der Waals surface area contributed by atoms with Crippen LogP contribution in [-0.4, -0.2) is 34.3 Å². The number of ether oxygens (including phenoxy) is 1. The molecule has 0 spiro atoms. The summed E-state index contributed by atoms with van der Waals surface area (Å²) in [6.45, 7) is 2.27. The molecular weight excluding hydrogens is 320 g/mol. The third kappa shape index (κ3) is 6.44. The van der Waals surface area contributed by atoms with E-state index in [-0.39, 0.29) is 6.42 Å². The lowest BCUT2D eigenvalue weighted by Crippen LogP contribution is -2.29. The van der Waals surface area contributed by atoms with E-state index in [2.05, 4.69) is 30.8 Å². The third-order valence-corrected chi connectivity index (χ3v) is 6.81. The van der Waals surface area contributed by atoms with E-state index in [1.165, 1.54) is 50.7 Å². The largest absolute Gasteiger partial charge is 0.481 e. The smallest absolute Gasteiger partial charge is 0.303 e. The molecule has 2 heterocycles. The first-order valence-corrected chi connectivity index (χ1v) is 10.9. The Morgan fingerprint density at radius 3 is 2.71 bits per heavy atom. The molecule has 0 amide bonds. The first kappa shape index (κ1) is 19.8. The molecule has 4 atom stereocenters. The number of unbranched alkanes of at least 4 members (excludes halogenated alkanes) is 5. The van der Waals surface area contributed by atoms with E-state index in [0.29, 0.717) is 23.4 Å². The molecule has 0 aromatic heterocycles. The van der Waals surface area contributed by atoms with Crippen LogP contribution in [0.5, 0.6) is 0 Å². The van der Waals surface area contributed by atoms with Crippen molar-refractivity contribution in [3.05, 3.63) is 12.2 Å². The minimum absolute atomic E-state index is 0.276. The standard InChI is InChI=1S/C20H34O3S/c1-2-3-4-7-10-15-24-20-16(17-13-14-18(20)23-17)11-8-5-6-9-12-19(21)22/h5,8,16-18,20H,2-4,6-7,9-15H2,1H3,(H,21,22)/b8-5-/t16-,17+,18-,20-/m0/s1. The second kappa shape index (κ2) is 11.2. The van der Waals surface area contributed by atoms with E-state index in [4.69, 9.17) is 9.84 Å². The summed E-state index contributed by atoms with van der Waals surface area (Å²) >= 11 is 2.15. The molecule has 138 valence electrons. The van der Waals surface area contributed by atoms with Crippen molar-refractivity contribution in [3.8, 4) is 0 Å². The summed E-state index contributed by atoms with van der Waals surface area (Å²) in [5, 5.41) is 9.34. The lowest BCUT2D eigenvalue weighted by Gasteiger charge is -2.26. The quantitative estimate of drug-likeness (QED) is 0.353. The molecule has 4 heteroatoms. The average molecular weight is 355 g/mol. The molecule has 0 aromatic carbocycles. The number of thioether (sulfide) groups is 1. The van der Waals surface area contributed by atoms with Crippen molar-refractivity contribution in [2.45, 2.75) is 95.0 Å². The van der Waals surface area contributed by atoms with E-state index in [9.17, 15) is 4.79 Å². The van der Waals surface area contributed by atoms with Gasteiger partial charge in [0.25, 0.3) is 0 Å². The molecule has 0 saturated carbocycles. The van der Waals surface area contributed by atoms with Gasteiger partial charge in [-0.2, -0.15) is 11.8 Å². The fraction of sp³-hybridized carbons (Fsp3) is 0.850. The van der Waals surface area contributed by atoms with Crippen LogP contribution in [0.25, 0.3) is 0 Å². The van der Waals surface area contributed by atoms with Gasteiger partial charge in [0.15, 0.2) is 0 Å². The maximum Gasteiger partial charge on any atom is 0.303 e. The van der Waals surface area contributed by atoms with Crippen molar-refractivity contribution in [2.24, 2.45) is 5.92 Å². The van der Waals surface area contributed by atoms with Crippen molar-refractivity contribution in [1.82, 2.24) is 0 Å². The van der Waals surface area contributed by atoms with Crippen LogP contribution in [0.15, 0.2) is 12.2 Å². The molecule has 2 fully saturated rings. The average Bonchev–Trinajstić information content (AvgIpc) is 3.15. The molecule has 0 aliphatic carbocycles. The second-order valence-corrected chi connectivity index (χ2v) is 8.48. The summed E-state index contributed by atoms with van der Waals surface area (Å²) in [6.07, 6.45) is 17.7. The summed E-state index contributed by atoms with van der Waals surface area (Å²) in [5.74, 6) is 1.25. The van der Waals surface area contributed by atoms with E-state index >= 15 is 0 Å². The summed E-state index contributed by atoms with van der Waals surface area (Å²) < 4.78 is 6.17. The topological polar surface area (TPSA) is 46.5 Å². The molecule has 3 nitrogen and oxygen atoms in total. The SMILES string of the molecule is CCCCCCCS[C@H]1[C@@H](C/C=C\CCCC(=O)O)[C@H]2CC[C@@H]1O2. The summed E-state index contributed by atoms with van der Waals surface area (Å²) in [7, 11) is 0. The van der Waals surface area contributed by atoms with Crippen molar-refractivity contribution in [3.63, 3.8) is 0 Å². The van der Waals surface area contributed by atoms with Gasteiger partial charge in [0.1, 0.15) is 0 Å². The lowest BCUT2D eigenvalue weighted by molar-refractivity contribution is -0.137. The van der Waals surface area contributed by atoms with E-state index in [1.807, 2.05) is 0 Å². The Kier molecular flexibility index (Phi) is 9.26. The number of fused-ring (bicyclic) bond motifs is 2. The predicted molar refractivity (Wildman–Crippen MR) is 102 cm³/mol. The monoisotopic (exact) mass is 354 g/mol. The number of allylic oxidation sites excluding steroid dienone is 2. The van der Waals surface area contributed by atoms with Crippen molar-refractivity contribution in [1.29, 1.82) is 0 Å². The molecule has 2 saturated heterocycles. The van der Waals surface area contributed by atoms with Crippen molar-refractivity contribution in [2.75, 3.05) is 5.75 Å². The van der Waals surface area contributed by atoms with Crippen LogP contribution < -0.4 is 0 Å². The summed E-state index contributed by atoms with van der Waals surface area (Å²) in [5.41, 5.74) is 0. The van der Waals surface area contributed by atoms with Crippen LogP contribution in [0, 0.1) is 5.92 Å². The number of hydrogen-bond donors (Lipinski definition) is 1. The number of carboxylic acid groups (broad SMARTS) is 1. The Morgan fingerprint density at radius 1 is 1.12 bits per heavy atom. The van der Waals surface area contributed by atoms with Gasteiger partial charge < -0.3 is 9.84 Å². The lowest BCUT2D eigenvalue weighted by atomic mass is 9.86. The molecule has 1 N–H and O–H groups in total. The highest BCUT2D eigenvalue weighted by molar-refractivity contribution is 7.99. The van der Waals surface area contributed by atoms with Gasteiger partial charge >= 0.3 is 5.97 Å². The van der Waals surface area contributed by atoms with Gasteiger partial charge in [-0.25, -0.2) is 0 Å². The van der Waals surface area contributed by atoms with Crippen LogP contribution in [-0.2, 0) is 9.53 Å². The zero-order chi connectivity index (χ0) is 17.2. The Balaban J connectivity index is 1.65. The van der Waals surface area contributed by atoms with Crippen LogP contribution in [0.3, 0.4) is 0 Å². The number of carbonyl (C=O) groups is 1. The van der Waals surface area contributed by atoms with Crippen LogP contribution in [0.1, 0.15) is 77.6 Å². The van der Waals surface area contributed by atoms with Gasteiger partial charge in [-0.15, -0.1) is 0 Å². The molecule has 2 aliphatic rings. The van der Waals surface area contributed by atoms with Crippen molar-refractivity contribution >= 4 is 17.7 Å². The zero-order valence-electron chi connectivity index (χ0n) is 15.1. The number of rotatable bonds is 13. The van der Waals surface area contributed by atoms with Crippen LogP contribution in [0.2, 0.25) is 0 Å². The highest BCUT2D eigenvalue weighted by Crippen LogP contribution is 2.46. The van der Waals surface area contributed by atoms with Gasteiger partial charge in [0.2, 0.25) is 0 Å². The van der Waals surface area contributed by atoms with Gasteiger partial charge in [0, 0.05) is 17.6 Å². The molecule has 0 radical (unpaired) electrons. The molecule has 2 bridgehead atoms. The van der Waals surface area contributed by atoms with Gasteiger partial charge in [0.05, 0.1) is 12.2 Å². The Bertz CT molecular complexity index is 396. The molecule has 0 unspecified atom stereocenters. The molecule has 2 rings (SSSR count). The minimum Gasteiger partial charge on any atom is -0.481 e. The zero-order valence-corrected chi connectivity index (χ0v) is 15.9. The maximum atomic E-state index is 10.5. The molecule has 24 heavy (non-hydrogen) atoms. The first-order chi connectivity index (χ1) is 11.7. The Morgan fingerprint density at radius 2 is 1.92 bits per heavy atom. The highest BCUT2D eigenvalue weighted by Gasteiger charge is 2.48. The number of hydrogen-bond acceptors (Lipinski definition) is 3. The first-order valence-electron chi connectivity index (χ1n) is 9.86. The maximum absolute atomic E-state index is 10.5. The second-order valence-electron chi connectivity index (χ2n) is 7.20.